The molecule has 2 heterocycles. The Morgan fingerprint density at radius 1 is 1.44 bits per heavy atom. The standard InChI is InChI=1S/C11H11ClN4OS/c1-6(7-2-3-8(12)18-7)16-11(17)9-10(13)15-5-4-14-9/h2-6H,1H3,(H2,13,15)(H,16,17)/t6-/m1/s1. The fourth-order valence-corrected chi connectivity index (χ4v) is 2.48. The summed E-state index contributed by atoms with van der Waals surface area (Å²) in [6.45, 7) is 1.87. The van der Waals surface area contributed by atoms with Crippen LogP contribution in [0.3, 0.4) is 0 Å². The van der Waals surface area contributed by atoms with Crippen LogP contribution in [0.15, 0.2) is 24.5 Å². The van der Waals surface area contributed by atoms with E-state index in [1.54, 1.807) is 6.07 Å². The highest BCUT2D eigenvalue weighted by Crippen LogP contribution is 2.26. The largest absolute Gasteiger partial charge is 0.382 e. The van der Waals surface area contributed by atoms with Crippen LogP contribution in [0.25, 0.3) is 0 Å². The first kappa shape index (κ1) is 12.8. The molecule has 0 aliphatic heterocycles. The van der Waals surface area contributed by atoms with Crippen LogP contribution in [-0.4, -0.2) is 15.9 Å². The SMILES string of the molecule is C[C@@H](NC(=O)c1nccnc1N)c1ccc(Cl)s1. The molecular formula is C11H11ClN4OS. The monoisotopic (exact) mass is 282 g/mol. The van der Waals surface area contributed by atoms with Crippen molar-refractivity contribution in [3.05, 3.63) is 39.4 Å². The number of thiophene rings is 1. The molecule has 0 aliphatic rings. The topological polar surface area (TPSA) is 80.9 Å². The zero-order chi connectivity index (χ0) is 13.1. The lowest BCUT2D eigenvalue weighted by Crippen LogP contribution is -2.28. The summed E-state index contributed by atoms with van der Waals surface area (Å²) in [5.41, 5.74) is 5.72. The predicted molar refractivity (Wildman–Crippen MR) is 71.7 cm³/mol. The van der Waals surface area contributed by atoms with Crippen LogP contribution in [0.4, 0.5) is 5.82 Å². The summed E-state index contributed by atoms with van der Waals surface area (Å²) in [5, 5.41) is 2.80. The fourth-order valence-electron chi connectivity index (χ4n) is 1.42. The molecule has 0 radical (unpaired) electrons. The first-order valence-corrected chi connectivity index (χ1v) is 6.40. The van der Waals surface area contributed by atoms with Crippen molar-refractivity contribution in [1.82, 2.24) is 15.3 Å². The second-order valence-corrected chi connectivity index (χ2v) is 5.37. The van der Waals surface area contributed by atoms with Gasteiger partial charge in [-0.25, -0.2) is 9.97 Å². The Morgan fingerprint density at radius 2 is 2.17 bits per heavy atom. The van der Waals surface area contributed by atoms with E-state index < -0.39 is 0 Å². The van der Waals surface area contributed by atoms with Gasteiger partial charge in [0.05, 0.1) is 10.4 Å². The lowest BCUT2D eigenvalue weighted by Gasteiger charge is -2.12. The molecule has 0 saturated carbocycles. The summed E-state index contributed by atoms with van der Waals surface area (Å²) in [5.74, 6) is -0.232. The van der Waals surface area contributed by atoms with E-state index in [1.165, 1.54) is 23.7 Å². The minimum atomic E-state index is -0.349. The van der Waals surface area contributed by atoms with Gasteiger partial charge in [0, 0.05) is 17.3 Å². The second-order valence-electron chi connectivity index (χ2n) is 3.63. The van der Waals surface area contributed by atoms with Crippen LogP contribution in [0.1, 0.15) is 28.3 Å². The minimum absolute atomic E-state index is 0.117. The van der Waals surface area contributed by atoms with Crippen molar-refractivity contribution in [2.45, 2.75) is 13.0 Å². The molecule has 0 saturated heterocycles. The average Bonchev–Trinajstić information content (AvgIpc) is 2.76. The Kier molecular flexibility index (Phi) is 3.78. The van der Waals surface area contributed by atoms with E-state index in [2.05, 4.69) is 15.3 Å². The van der Waals surface area contributed by atoms with Gasteiger partial charge in [0.25, 0.3) is 5.91 Å². The highest BCUT2D eigenvalue weighted by molar-refractivity contribution is 7.16. The van der Waals surface area contributed by atoms with E-state index in [4.69, 9.17) is 17.3 Å². The van der Waals surface area contributed by atoms with Gasteiger partial charge in [-0.05, 0) is 19.1 Å². The van der Waals surface area contributed by atoms with Gasteiger partial charge in [-0.15, -0.1) is 11.3 Å². The first-order valence-electron chi connectivity index (χ1n) is 5.20. The number of hydrogen-bond donors (Lipinski definition) is 2. The minimum Gasteiger partial charge on any atom is -0.382 e. The molecule has 0 aromatic carbocycles. The van der Waals surface area contributed by atoms with Crippen molar-refractivity contribution in [2.24, 2.45) is 0 Å². The van der Waals surface area contributed by atoms with Crippen LogP contribution >= 0.6 is 22.9 Å². The van der Waals surface area contributed by atoms with Crippen LogP contribution in [0.5, 0.6) is 0 Å². The number of carbonyl (C=O) groups excluding carboxylic acids is 1. The third kappa shape index (κ3) is 2.77. The highest BCUT2D eigenvalue weighted by atomic mass is 35.5. The molecule has 1 amide bonds. The van der Waals surface area contributed by atoms with Gasteiger partial charge < -0.3 is 11.1 Å². The molecule has 7 heteroatoms. The Hall–Kier alpha value is -1.66. The Morgan fingerprint density at radius 3 is 2.78 bits per heavy atom. The van der Waals surface area contributed by atoms with Gasteiger partial charge in [-0.2, -0.15) is 0 Å². The van der Waals surface area contributed by atoms with Crippen molar-refractivity contribution in [3.63, 3.8) is 0 Å². The fraction of sp³-hybridized carbons (Fsp3) is 0.182. The highest BCUT2D eigenvalue weighted by Gasteiger charge is 2.16. The molecule has 0 spiro atoms. The van der Waals surface area contributed by atoms with Gasteiger partial charge in [-0.1, -0.05) is 11.6 Å². The van der Waals surface area contributed by atoms with Gasteiger partial charge in [0.1, 0.15) is 0 Å². The lowest BCUT2D eigenvalue weighted by molar-refractivity contribution is 0.0936. The normalized spacial score (nSPS) is 12.1. The van der Waals surface area contributed by atoms with E-state index in [-0.39, 0.29) is 23.5 Å². The maximum absolute atomic E-state index is 11.9. The number of aromatic nitrogens is 2. The van der Waals surface area contributed by atoms with Crippen molar-refractivity contribution >= 4 is 34.7 Å². The molecule has 18 heavy (non-hydrogen) atoms. The quantitative estimate of drug-likeness (QED) is 0.905. The van der Waals surface area contributed by atoms with Gasteiger partial charge in [-0.3, -0.25) is 4.79 Å². The van der Waals surface area contributed by atoms with Crippen molar-refractivity contribution in [3.8, 4) is 0 Å². The molecule has 2 rings (SSSR count). The van der Waals surface area contributed by atoms with Crippen LogP contribution in [0, 0.1) is 0 Å². The van der Waals surface area contributed by atoms with Crippen molar-refractivity contribution < 1.29 is 4.79 Å². The predicted octanol–water partition coefficient (Wildman–Crippen LogP) is 2.26. The molecule has 2 aromatic heterocycles. The maximum atomic E-state index is 11.9. The number of nitrogens with zero attached hydrogens (tertiary/aromatic N) is 2. The van der Waals surface area contributed by atoms with Crippen LogP contribution in [-0.2, 0) is 0 Å². The third-order valence-electron chi connectivity index (χ3n) is 2.31. The van der Waals surface area contributed by atoms with E-state index in [1.807, 2.05) is 13.0 Å². The lowest BCUT2D eigenvalue weighted by atomic mass is 10.2. The average molecular weight is 283 g/mol. The molecule has 0 bridgehead atoms. The molecule has 5 nitrogen and oxygen atoms in total. The number of nitrogens with two attached hydrogens (primary N) is 1. The first-order chi connectivity index (χ1) is 8.58. The molecule has 94 valence electrons. The molecule has 1 atom stereocenters. The summed E-state index contributed by atoms with van der Waals surface area (Å²) < 4.78 is 0.685. The third-order valence-corrected chi connectivity index (χ3v) is 3.72. The smallest absolute Gasteiger partial charge is 0.274 e. The van der Waals surface area contributed by atoms with E-state index in [0.29, 0.717) is 4.34 Å². The number of nitrogen functional groups attached to an aromatic ring is 1. The second kappa shape index (κ2) is 5.32. The number of halogens is 1. The number of anilines is 1. The molecular weight excluding hydrogens is 272 g/mol. The van der Waals surface area contributed by atoms with Crippen molar-refractivity contribution in [1.29, 1.82) is 0 Å². The van der Waals surface area contributed by atoms with Crippen LogP contribution < -0.4 is 11.1 Å². The van der Waals surface area contributed by atoms with E-state index in [9.17, 15) is 4.79 Å². The number of amides is 1. The van der Waals surface area contributed by atoms with Gasteiger partial charge in [0.15, 0.2) is 11.5 Å². The summed E-state index contributed by atoms with van der Waals surface area (Å²) in [7, 11) is 0. The van der Waals surface area contributed by atoms with Gasteiger partial charge in [0.2, 0.25) is 0 Å². The van der Waals surface area contributed by atoms with E-state index >= 15 is 0 Å². The summed E-state index contributed by atoms with van der Waals surface area (Å²) in [6.07, 6.45) is 2.87. The molecule has 0 aliphatic carbocycles. The summed E-state index contributed by atoms with van der Waals surface area (Å²) in [6, 6.07) is 3.51. The van der Waals surface area contributed by atoms with Crippen LogP contribution in [0.2, 0.25) is 4.34 Å². The van der Waals surface area contributed by atoms with Gasteiger partial charge >= 0.3 is 0 Å². The van der Waals surface area contributed by atoms with Crippen molar-refractivity contribution in [2.75, 3.05) is 5.73 Å². The number of nitrogens with one attached hydrogen (secondary N) is 1. The Balaban J connectivity index is 2.10. The van der Waals surface area contributed by atoms with E-state index in [0.717, 1.165) is 4.88 Å². The molecule has 0 unspecified atom stereocenters. The molecule has 2 aromatic rings. The Bertz CT molecular complexity index is 572. The number of carbonyl (C=O) groups is 1. The summed E-state index contributed by atoms with van der Waals surface area (Å²) in [4.78, 5) is 20.6. The molecule has 0 fully saturated rings. The summed E-state index contributed by atoms with van der Waals surface area (Å²) >= 11 is 7.27. The zero-order valence-electron chi connectivity index (χ0n) is 9.55. The zero-order valence-corrected chi connectivity index (χ0v) is 11.1. The molecule has 3 N–H and O–H groups in total. The maximum Gasteiger partial charge on any atom is 0.274 e. The Labute approximate surface area is 113 Å². The number of hydrogen-bond acceptors (Lipinski definition) is 5. The number of rotatable bonds is 3.